The first kappa shape index (κ1) is 22.2. The van der Waals surface area contributed by atoms with E-state index < -0.39 is 12.6 Å². The smallest absolute Gasteiger partial charge is 0.327 e. The molecule has 4 rings (SSSR count). The van der Waals surface area contributed by atoms with Gasteiger partial charge in [0.05, 0.1) is 12.6 Å². The third-order valence-electron chi connectivity index (χ3n) is 6.10. The number of rotatable bonds is 7. The van der Waals surface area contributed by atoms with Gasteiger partial charge in [0.2, 0.25) is 5.91 Å². The summed E-state index contributed by atoms with van der Waals surface area (Å²) in [6.45, 7) is 4.03. The molecule has 170 valence electrons. The molecule has 3 heterocycles. The van der Waals surface area contributed by atoms with Gasteiger partial charge in [-0.2, -0.15) is 13.2 Å². The van der Waals surface area contributed by atoms with E-state index in [1.807, 2.05) is 19.9 Å². The normalized spacial score (nSPS) is 16.8. The number of alkyl halides is 3. The van der Waals surface area contributed by atoms with Crippen LogP contribution in [0.1, 0.15) is 71.4 Å². The Labute approximate surface area is 184 Å². The van der Waals surface area contributed by atoms with Gasteiger partial charge in [0.15, 0.2) is 0 Å². The molecule has 1 saturated carbocycles. The van der Waals surface area contributed by atoms with Crippen LogP contribution in [0.5, 0.6) is 0 Å². The third kappa shape index (κ3) is 4.76. The fourth-order valence-electron chi connectivity index (χ4n) is 3.99. The molecule has 2 amide bonds. The lowest BCUT2D eigenvalue weighted by Crippen LogP contribution is -2.27. The second-order valence-electron chi connectivity index (χ2n) is 8.56. The lowest BCUT2D eigenvalue weighted by atomic mass is 10.0. The van der Waals surface area contributed by atoms with Crippen molar-refractivity contribution in [3.05, 3.63) is 52.5 Å². The Morgan fingerprint density at radius 3 is 2.72 bits per heavy atom. The van der Waals surface area contributed by atoms with Gasteiger partial charge in [0.25, 0.3) is 5.91 Å². The van der Waals surface area contributed by atoms with Gasteiger partial charge in [-0.25, -0.2) is 4.98 Å². The molecule has 0 saturated heterocycles. The summed E-state index contributed by atoms with van der Waals surface area (Å²) >= 11 is 0. The molecule has 1 fully saturated rings. The molecule has 0 aromatic carbocycles. The summed E-state index contributed by atoms with van der Waals surface area (Å²) in [5.41, 5.74) is 3.47. The van der Waals surface area contributed by atoms with E-state index in [0.717, 1.165) is 24.0 Å². The summed E-state index contributed by atoms with van der Waals surface area (Å²) in [4.78, 5) is 35.5. The summed E-state index contributed by atoms with van der Waals surface area (Å²) in [6, 6.07) is 3.24. The Morgan fingerprint density at radius 1 is 1.31 bits per heavy atom. The number of hydrogen-bond donors (Lipinski definition) is 1. The number of anilines is 1. The van der Waals surface area contributed by atoms with Crippen LogP contribution in [0.25, 0.3) is 0 Å². The summed E-state index contributed by atoms with van der Waals surface area (Å²) in [5, 5.41) is 2.85. The van der Waals surface area contributed by atoms with Gasteiger partial charge in [-0.3, -0.25) is 14.6 Å². The number of amides is 2. The van der Waals surface area contributed by atoms with Crippen molar-refractivity contribution in [3.63, 3.8) is 0 Å². The number of carbonyl (C=O) groups excluding carboxylic acids is 2. The molecule has 2 aliphatic rings. The molecule has 1 N–H and O–H groups in total. The fourth-order valence-corrected chi connectivity index (χ4v) is 3.99. The standard InChI is InChI=1S/C23H25F3N4O2/c1-13-10-16(11-28-19(13)4-3-8-23(24,25)26)14(2)30-12-18-17(22(30)32)7-9-27-20(18)29-21(31)15-5-6-15/h7,9-11,14-15H,3-6,8,12H2,1-2H3,(H,27,29,31). The van der Waals surface area contributed by atoms with Gasteiger partial charge in [0.1, 0.15) is 5.82 Å². The maximum atomic E-state index is 13.0. The van der Waals surface area contributed by atoms with Gasteiger partial charge >= 0.3 is 6.18 Å². The van der Waals surface area contributed by atoms with Crippen LogP contribution in [-0.2, 0) is 17.8 Å². The predicted octanol–water partition coefficient (Wildman–Crippen LogP) is 4.74. The van der Waals surface area contributed by atoms with E-state index in [-0.39, 0.29) is 36.6 Å². The van der Waals surface area contributed by atoms with Crippen LogP contribution in [-0.4, -0.2) is 32.9 Å². The summed E-state index contributed by atoms with van der Waals surface area (Å²) in [7, 11) is 0. The molecule has 2 aromatic heterocycles. The van der Waals surface area contributed by atoms with Crippen LogP contribution in [0.15, 0.2) is 24.5 Å². The largest absolute Gasteiger partial charge is 0.389 e. The molecule has 1 aliphatic heterocycles. The highest BCUT2D eigenvalue weighted by atomic mass is 19.4. The number of hydrogen-bond acceptors (Lipinski definition) is 4. The van der Waals surface area contributed by atoms with Gasteiger partial charge < -0.3 is 10.2 Å². The Bertz CT molecular complexity index is 1050. The number of aryl methyl sites for hydroxylation is 2. The highest BCUT2D eigenvalue weighted by Crippen LogP contribution is 2.36. The van der Waals surface area contributed by atoms with E-state index in [1.54, 1.807) is 17.2 Å². The quantitative estimate of drug-likeness (QED) is 0.667. The van der Waals surface area contributed by atoms with Crippen LogP contribution in [0, 0.1) is 12.8 Å². The third-order valence-corrected chi connectivity index (χ3v) is 6.10. The number of pyridine rings is 2. The van der Waals surface area contributed by atoms with E-state index >= 15 is 0 Å². The van der Waals surface area contributed by atoms with Crippen LogP contribution in [0.3, 0.4) is 0 Å². The van der Waals surface area contributed by atoms with E-state index in [0.29, 0.717) is 29.2 Å². The van der Waals surface area contributed by atoms with E-state index in [2.05, 4.69) is 15.3 Å². The van der Waals surface area contributed by atoms with E-state index in [1.165, 1.54) is 6.20 Å². The van der Waals surface area contributed by atoms with Gasteiger partial charge in [0, 0.05) is 41.6 Å². The van der Waals surface area contributed by atoms with Crippen molar-refractivity contribution in [1.82, 2.24) is 14.9 Å². The number of halogens is 3. The lowest BCUT2D eigenvalue weighted by molar-refractivity contribution is -0.135. The van der Waals surface area contributed by atoms with Crippen molar-refractivity contribution in [3.8, 4) is 0 Å². The monoisotopic (exact) mass is 446 g/mol. The number of nitrogens with one attached hydrogen (secondary N) is 1. The van der Waals surface area contributed by atoms with Crippen LogP contribution < -0.4 is 5.32 Å². The van der Waals surface area contributed by atoms with E-state index in [4.69, 9.17) is 0 Å². The minimum Gasteiger partial charge on any atom is -0.327 e. The second-order valence-corrected chi connectivity index (χ2v) is 8.56. The highest BCUT2D eigenvalue weighted by Gasteiger charge is 2.36. The van der Waals surface area contributed by atoms with Crippen molar-refractivity contribution < 1.29 is 22.8 Å². The van der Waals surface area contributed by atoms with Crippen molar-refractivity contribution >= 4 is 17.6 Å². The number of aromatic nitrogens is 2. The lowest BCUT2D eigenvalue weighted by Gasteiger charge is -2.25. The molecule has 6 nitrogen and oxygen atoms in total. The predicted molar refractivity (Wildman–Crippen MR) is 112 cm³/mol. The number of carbonyl (C=O) groups is 2. The SMILES string of the molecule is Cc1cc(C(C)N2Cc3c(ccnc3NC(=O)C3CC3)C2=O)cnc1CCCC(F)(F)F. The molecule has 2 aromatic rings. The molecule has 0 radical (unpaired) electrons. The molecular weight excluding hydrogens is 421 g/mol. The van der Waals surface area contributed by atoms with Crippen molar-refractivity contribution in [1.29, 1.82) is 0 Å². The Kier molecular flexibility index (Phi) is 5.92. The zero-order chi connectivity index (χ0) is 23.0. The highest BCUT2D eigenvalue weighted by molar-refractivity contribution is 6.02. The summed E-state index contributed by atoms with van der Waals surface area (Å²) < 4.78 is 37.2. The van der Waals surface area contributed by atoms with Crippen LogP contribution >= 0.6 is 0 Å². The molecule has 1 aliphatic carbocycles. The number of fused-ring (bicyclic) bond motifs is 1. The number of nitrogens with zero attached hydrogens (tertiary/aromatic N) is 3. The zero-order valence-electron chi connectivity index (χ0n) is 18.0. The minimum atomic E-state index is -4.17. The maximum Gasteiger partial charge on any atom is 0.389 e. The fraction of sp³-hybridized carbons (Fsp3) is 0.478. The minimum absolute atomic E-state index is 0.00544. The van der Waals surface area contributed by atoms with Crippen molar-refractivity contribution in [2.45, 2.75) is 64.7 Å². The molecule has 32 heavy (non-hydrogen) atoms. The molecule has 1 atom stereocenters. The second kappa shape index (κ2) is 8.52. The topological polar surface area (TPSA) is 75.2 Å². The Balaban J connectivity index is 1.47. The first-order valence-electron chi connectivity index (χ1n) is 10.8. The van der Waals surface area contributed by atoms with E-state index in [9.17, 15) is 22.8 Å². The first-order chi connectivity index (χ1) is 15.1. The van der Waals surface area contributed by atoms with Crippen LogP contribution in [0.4, 0.5) is 19.0 Å². The van der Waals surface area contributed by atoms with Gasteiger partial charge in [-0.05, 0) is 56.7 Å². The molecule has 1 unspecified atom stereocenters. The molecule has 0 bridgehead atoms. The van der Waals surface area contributed by atoms with Gasteiger partial charge in [-0.15, -0.1) is 0 Å². The molecule has 9 heteroatoms. The Hall–Kier alpha value is -2.97. The molecule has 0 spiro atoms. The summed E-state index contributed by atoms with van der Waals surface area (Å²) in [6.07, 6.45) is 0.154. The summed E-state index contributed by atoms with van der Waals surface area (Å²) in [5.74, 6) is 0.245. The maximum absolute atomic E-state index is 13.0. The van der Waals surface area contributed by atoms with Crippen molar-refractivity contribution in [2.24, 2.45) is 5.92 Å². The Morgan fingerprint density at radius 2 is 2.06 bits per heavy atom. The molecular formula is C23H25F3N4O2. The average molecular weight is 446 g/mol. The average Bonchev–Trinajstić information content (AvgIpc) is 3.52. The van der Waals surface area contributed by atoms with Gasteiger partial charge in [-0.1, -0.05) is 6.07 Å². The van der Waals surface area contributed by atoms with Crippen molar-refractivity contribution in [2.75, 3.05) is 5.32 Å². The zero-order valence-corrected chi connectivity index (χ0v) is 18.0. The van der Waals surface area contributed by atoms with Crippen LogP contribution in [0.2, 0.25) is 0 Å². The first-order valence-corrected chi connectivity index (χ1v) is 10.8.